The summed E-state index contributed by atoms with van der Waals surface area (Å²) in [6.45, 7) is 2.00. The standard InChI is InChI=1S/C20H25ClN2O3/c1-12(24)23-15-2-3-17(25)16(5-15)18(26)22-11-19-6-13-4-14(7-19)9-20(21,8-13)10-19/h2-3,5,13-14,25H,4,6-11H2,1H3,(H,22,26)(H,23,24)/t13-,14-,19?,20?/m1/s1. The van der Waals surface area contributed by atoms with Crippen molar-refractivity contribution in [3.8, 4) is 5.75 Å². The van der Waals surface area contributed by atoms with E-state index in [1.54, 1.807) is 6.07 Å². The van der Waals surface area contributed by atoms with Crippen LogP contribution in [0.5, 0.6) is 5.75 Å². The zero-order valence-electron chi connectivity index (χ0n) is 15.0. The van der Waals surface area contributed by atoms with E-state index in [0.29, 0.717) is 24.1 Å². The maximum absolute atomic E-state index is 12.7. The second-order valence-corrected chi connectivity index (χ2v) is 9.51. The highest BCUT2D eigenvalue weighted by Crippen LogP contribution is 2.63. The van der Waals surface area contributed by atoms with Crippen molar-refractivity contribution in [2.75, 3.05) is 11.9 Å². The molecular formula is C20H25ClN2O3. The summed E-state index contributed by atoms with van der Waals surface area (Å²) in [5.74, 6) is 0.748. The van der Waals surface area contributed by atoms with Gasteiger partial charge in [-0.3, -0.25) is 9.59 Å². The Morgan fingerprint density at radius 2 is 1.92 bits per heavy atom. The molecule has 4 bridgehead atoms. The number of alkyl halides is 1. The van der Waals surface area contributed by atoms with Gasteiger partial charge in [0.05, 0.1) is 5.56 Å². The molecule has 6 heteroatoms. The van der Waals surface area contributed by atoms with Crippen molar-refractivity contribution in [3.05, 3.63) is 23.8 Å². The molecule has 140 valence electrons. The van der Waals surface area contributed by atoms with Crippen LogP contribution in [0.3, 0.4) is 0 Å². The van der Waals surface area contributed by atoms with E-state index in [9.17, 15) is 14.7 Å². The Kier molecular flexibility index (Phi) is 4.18. The van der Waals surface area contributed by atoms with Crippen LogP contribution in [0, 0.1) is 17.3 Å². The number of hydrogen-bond acceptors (Lipinski definition) is 3. The van der Waals surface area contributed by atoms with Gasteiger partial charge in [0, 0.05) is 24.0 Å². The van der Waals surface area contributed by atoms with E-state index in [-0.39, 0.29) is 33.4 Å². The first kappa shape index (κ1) is 17.7. The number of rotatable bonds is 4. The van der Waals surface area contributed by atoms with Gasteiger partial charge in [-0.15, -0.1) is 11.6 Å². The van der Waals surface area contributed by atoms with E-state index in [1.807, 2.05) is 0 Å². The summed E-state index contributed by atoms with van der Waals surface area (Å²) >= 11 is 6.85. The van der Waals surface area contributed by atoms with Crippen LogP contribution in [0.25, 0.3) is 0 Å². The van der Waals surface area contributed by atoms with E-state index in [1.165, 1.54) is 25.5 Å². The molecular weight excluding hydrogens is 352 g/mol. The van der Waals surface area contributed by atoms with Crippen LogP contribution in [-0.4, -0.2) is 28.3 Å². The lowest BCUT2D eigenvalue weighted by atomic mass is 9.49. The minimum Gasteiger partial charge on any atom is -0.507 e. The first-order valence-electron chi connectivity index (χ1n) is 9.34. The molecule has 0 aliphatic heterocycles. The highest BCUT2D eigenvalue weighted by atomic mass is 35.5. The first-order chi connectivity index (χ1) is 12.3. The number of nitrogens with one attached hydrogen (secondary N) is 2. The Hall–Kier alpha value is -1.75. The molecule has 0 unspecified atom stereocenters. The van der Waals surface area contributed by atoms with Crippen molar-refractivity contribution >= 4 is 29.1 Å². The average molecular weight is 377 g/mol. The van der Waals surface area contributed by atoms with Crippen molar-refractivity contribution < 1.29 is 14.7 Å². The zero-order chi connectivity index (χ0) is 18.5. The predicted molar refractivity (Wildman–Crippen MR) is 100 cm³/mol. The molecule has 0 radical (unpaired) electrons. The third-order valence-electron chi connectivity index (χ3n) is 6.30. The smallest absolute Gasteiger partial charge is 0.255 e. The molecule has 1 aromatic rings. The number of anilines is 1. The lowest BCUT2D eigenvalue weighted by Gasteiger charge is -2.60. The van der Waals surface area contributed by atoms with Crippen LogP contribution in [0.15, 0.2) is 18.2 Å². The molecule has 4 fully saturated rings. The molecule has 0 aromatic heterocycles. The Bertz CT molecular complexity index is 749. The molecule has 26 heavy (non-hydrogen) atoms. The highest BCUT2D eigenvalue weighted by molar-refractivity contribution is 6.24. The molecule has 4 saturated carbocycles. The van der Waals surface area contributed by atoms with E-state index >= 15 is 0 Å². The van der Waals surface area contributed by atoms with Gasteiger partial charge < -0.3 is 15.7 Å². The molecule has 4 aliphatic rings. The van der Waals surface area contributed by atoms with E-state index in [4.69, 9.17) is 11.6 Å². The number of phenolic OH excluding ortho intramolecular Hbond substituents is 1. The molecule has 1 aromatic carbocycles. The second kappa shape index (κ2) is 6.15. The molecule has 5 nitrogen and oxygen atoms in total. The van der Waals surface area contributed by atoms with Gasteiger partial charge >= 0.3 is 0 Å². The van der Waals surface area contributed by atoms with Crippen LogP contribution in [0.4, 0.5) is 5.69 Å². The van der Waals surface area contributed by atoms with Crippen LogP contribution in [-0.2, 0) is 4.79 Å². The van der Waals surface area contributed by atoms with Gasteiger partial charge in [-0.2, -0.15) is 0 Å². The van der Waals surface area contributed by atoms with Gasteiger partial charge in [0.1, 0.15) is 5.75 Å². The Labute approximate surface area is 158 Å². The Balaban J connectivity index is 1.47. The monoisotopic (exact) mass is 376 g/mol. The lowest BCUT2D eigenvalue weighted by molar-refractivity contribution is -0.114. The molecule has 0 saturated heterocycles. The topological polar surface area (TPSA) is 78.4 Å². The van der Waals surface area contributed by atoms with E-state index < -0.39 is 0 Å². The van der Waals surface area contributed by atoms with Gasteiger partial charge in [-0.25, -0.2) is 0 Å². The number of aromatic hydroxyl groups is 1. The SMILES string of the molecule is CC(=O)Nc1ccc(O)c(C(=O)NCC23C[C@H]4C[C@@H](CC(Cl)(C4)C2)C3)c1. The maximum Gasteiger partial charge on any atom is 0.255 e. The van der Waals surface area contributed by atoms with Gasteiger partial charge in [0.2, 0.25) is 5.91 Å². The fourth-order valence-electron chi connectivity index (χ4n) is 5.90. The van der Waals surface area contributed by atoms with Crippen molar-refractivity contribution in [1.82, 2.24) is 5.32 Å². The first-order valence-corrected chi connectivity index (χ1v) is 9.71. The minimum atomic E-state index is -0.311. The third-order valence-corrected chi connectivity index (χ3v) is 6.74. The number of hydrogen-bond donors (Lipinski definition) is 3. The molecule has 2 amide bonds. The van der Waals surface area contributed by atoms with Crippen LogP contribution in [0.1, 0.15) is 55.8 Å². The average Bonchev–Trinajstić information content (AvgIpc) is 2.52. The summed E-state index contributed by atoms with van der Waals surface area (Å²) in [4.78, 5) is 23.8. The normalized spacial score (nSPS) is 34.5. The summed E-state index contributed by atoms with van der Waals surface area (Å²) in [6.07, 6.45) is 6.74. The van der Waals surface area contributed by atoms with E-state index in [0.717, 1.165) is 32.1 Å². The van der Waals surface area contributed by atoms with Crippen molar-refractivity contribution in [2.24, 2.45) is 17.3 Å². The third kappa shape index (κ3) is 3.29. The molecule has 3 N–H and O–H groups in total. The van der Waals surface area contributed by atoms with Crippen LogP contribution < -0.4 is 10.6 Å². The summed E-state index contributed by atoms with van der Waals surface area (Å²) in [6, 6.07) is 4.51. The quantitative estimate of drug-likeness (QED) is 0.554. The molecule has 4 aliphatic carbocycles. The second-order valence-electron chi connectivity index (χ2n) is 8.71. The fraction of sp³-hybridized carbons (Fsp3) is 0.600. The Morgan fingerprint density at radius 3 is 2.54 bits per heavy atom. The number of amides is 2. The number of halogens is 1. The summed E-state index contributed by atoms with van der Waals surface area (Å²) in [5, 5.41) is 15.7. The zero-order valence-corrected chi connectivity index (χ0v) is 15.7. The number of carbonyl (C=O) groups is 2. The Morgan fingerprint density at radius 1 is 1.23 bits per heavy atom. The molecule has 0 heterocycles. The van der Waals surface area contributed by atoms with Crippen molar-refractivity contribution in [1.29, 1.82) is 0 Å². The lowest BCUT2D eigenvalue weighted by Crippen LogP contribution is -2.56. The highest BCUT2D eigenvalue weighted by Gasteiger charge is 2.56. The predicted octanol–water partition coefficient (Wildman–Crippen LogP) is 3.66. The maximum atomic E-state index is 12.7. The minimum absolute atomic E-state index is 0.0811. The van der Waals surface area contributed by atoms with Gasteiger partial charge in [-0.05, 0) is 74.0 Å². The number of phenols is 1. The largest absolute Gasteiger partial charge is 0.507 e. The van der Waals surface area contributed by atoms with Gasteiger partial charge in [0.15, 0.2) is 0 Å². The van der Waals surface area contributed by atoms with Crippen LogP contribution >= 0.6 is 11.6 Å². The van der Waals surface area contributed by atoms with Crippen LogP contribution in [0.2, 0.25) is 0 Å². The summed E-state index contributed by atoms with van der Waals surface area (Å²) in [7, 11) is 0. The van der Waals surface area contributed by atoms with Gasteiger partial charge in [0.25, 0.3) is 5.91 Å². The molecule has 0 spiro atoms. The van der Waals surface area contributed by atoms with Crippen molar-refractivity contribution in [3.63, 3.8) is 0 Å². The molecule has 5 rings (SSSR count). The van der Waals surface area contributed by atoms with Gasteiger partial charge in [-0.1, -0.05) is 0 Å². The molecule has 2 atom stereocenters. The fourth-order valence-corrected chi connectivity index (χ4v) is 6.62. The number of benzene rings is 1. The number of carbonyl (C=O) groups excluding carboxylic acids is 2. The van der Waals surface area contributed by atoms with E-state index in [2.05, 4.69) is 10.6 Å². The summed E-state index contributed by atoms with van der Waals surface area (Å²) < 4.78 is 0. The summed E-state index contributed by atoms with van der Waals surface area (Å²) in [5.41, 5.74) is 0.767. The van der Waals surface area contributed by atoms with Crippen molar-refractivity contribution in [2.45, 2.75) is 50.3 Å².